The van der Waals surface area contributed by atoms with Gasteiger partial charge in [-0.25, -0.2) is 0 Å². The smallest absolute Gasteiger partial charge is 0.269 e. The molecule has 0 aliphatic rings. The molecule has 1 atom stereocenters. The summed E-state index contributed by atoms with van der Waals surface area (Å²) in [5.74, 6) is -0.995. The molecule has 0 amide bonds. The second-order valence-corrected chi connectivity index (χ2v) is 7.28. The van der Waals surface area contributed by atoms with E-state index in [2.05, 4.69) is 6.92 Å². The Kier molecular flexibility index (Phi) is 7.69. The zero-order valence-corrected chi connectivity index (χ0v) is 12.0. The van der Waals surface area contributed by atoms with Gasteiger partial charge in [-0.2, -0.15) is 16.8 Å². The van der Waals surface area contributed by atoms with Crippen LogP contribution in [0.25, 0.3) is 0 Å². The van der Waals surface area contributed by atoms with E-state index in [9.17, 15) is 16.8 Å². The molecule has 0 saturated carbocycles. The molecule has 8 heteroatoms. The van der Waals surface area contributed by atoms with Crippen molar-refractivity contribution < 1.29 is 25.9 Å². The minimum Gasteiger partial charge on any atom is -0.286 e. The van der Waals surface area contributed by atoms with Crippen LogP contribution >= 0.6 is 0 Å². The number of rotatable bonds is 9. The fraction of sp³-hybridized carbons (Fsp3) is 0.800. The predicted molar refractivity (Wildman–Crippen MR) is 69.7 cm³/mol. The van der Waals surface area contributed by atoms with Gasteiger partial charge < -0.3 is 0 Å². The second kappa shape index (κ2) is 7.88. The summed E-state index contributed by atoms with van der Waals surface area (Å²) in [5, 5.41) is -1.52. The van der Waals surface area contributed by atoms with Crippen molar-refractivity contribution in [1.82, 2.24) is 0 Å². The molecule has 0 rings (SSSR count). The highest BCUT2D eigenvalue weighted by molar-refractivity contribution is 7.90. The SMILES string of the molecule is CCCCC/C=C/CC(CS(=O)(=O)O)S(=O)(=O)O. The van der Waals surface area contributed by atoms with Crippen LogP contribution in [0.1, 0.15) is 39.0 Å². The van der Waals surface area contributed by atoms with E-state index in [4.69, 9.17) is 9.11 Å². The zero-order chi connectivity index (χ0) is 14.2. The van der Waals surface area contributed by atoms with E-state index in [-0.39, 0.29) is 6.42 Å². The summed E-state index contributed by atoms with van der Waals surface area (Å²) in [6, 6.07) is 0. The minimum absolute atomic E-state index is 0.134. The molecule has 0 aromatic heterocycles. The van der Waals surface area contributed by atoms with E-state index in [1.165, 1.54) is 6.08 Å². The van der Waals surface area contributed by atoms with E-state index in [0.29, 0.717) is 0 Å². The average molecular weight is 300 g/mol. The third-order valence-corrected chi connectivity index (χ3v) is 4.59. The lowest BCUT2D eigenvalue weighted by molar-refractivity contribution is 0.457. The molecule has 0 bridgehead atoms. The van der Waals surface area contributed by atoms with Crippen LogP contribution in [-0.4, -0.2) is 36.9 Å². The number of hydrogen-bond donors (Lipinski definition) is 2. The van der Waals surface area contributed by atoms with Crippen molar-refractivity contribution in [3.8, 4) is 0 Å². The van der Waals surface area contributed by atoms with Gasteiger partial charge in [-0.3, -0.25) is 9.11 Å². The van der Waals surface area contributed by atoms with Gasteiger partial charge in [0.25, 0.3) is 20.2 Å². The summed E-state index contributed by atoms with van der Waals surface area (Å²) in [4.78, 5) is 0. The third-order valence-electron chi connectivity index (χ3n) is 2.36. The van der Waals surface area contributed by atoms with Crippen LogP contribution in [-0.2, 0) is 20.2 Å². The molecule has 0 aliphatic carbocycles. The topological polar surface area (TPSA) is 109 Å². The lowest BCUT2D eigenvalue weighted by atomic mass is 10.2. The summed E-state index contributed by atoms with van der Waals surface area (Å²) in [6.45, 7) is 2.06. The van der Waals surface area contributed by atoms with Gasteiger partial charge in [0, 0.05) is 0 Å². The number of unbranched alkanes of at least 4 members (excludes halogenated alkanes) is 3. The highest BCUT2D eigenvalue weighted by Gasteiger charge is 2.27. The standard InChI is InChI=1S/C10H20O6S2/c1-2-3-4-5-6-7-8-10(18(14,15)16)9-17(11,12)13/h6-7,10H,2-5,8-9H2,1H3,(H,11,12,13)(H,14,15,16)/b7-6+. The van der Waals surface area contributed by atoms with E-state index >= 15 is 0 Å². The predicted octanol–water partition coefficient (Wildman–Crippen LogP) is 1.66. The van der Waals surface area contributed by atoms with Crippen LogP contribution in [0.3, 0.4) is 0 Å². The quantitative estimate of drug-likeness (QED) is 0.381. The van der Waals surface area contributed by atoms with Crippen LogP contribution in [0.4, 0.5) is 0 Å². The molecule has 0 spiro atoms. The molecule has 0 radical (unpaired) electrons. The molecule has 108 valence electrons. The monoisotopic (exact) mass is 300 g/mol. The first kappa shape index (κ1) is 17.6. The summed E-state index contributed by atoms with van der Waals surface area (Å²) in [6.07, 6.45) is 7.02. The van der Waals surface area contributed by atoms with Crippen LogP contribution in [0.2, 0.25) is 0 Å². The minimum atomic E-state index is -4.49. The van der Waals surface area contributed by atoms with Crippen molar-refractivity contribution in [2.24, 2.45) is 0 Å². The molecule has 0 saturated heterocycles. The molecule has 0 aliphatic heterocycles. The van der Waals surface area contributed by atoms with Crippen molar-refractivity contribution in [2.75, 3.05) is 5.75 Å². The summed E-state index contributed by atoms with van der Waals surface area (Å²) >= 11 is 0. The zero-order valence-electron chi connectivity index (χ0n) is 10.3. The Bertz CT molecular complexity index is 449. The highest BCUT2D eigenvalue weighted by atomic mass is 32.2. The van der Waals surface area contributed by atoms with Crippen molar-refractivity contribution >= 4 is 20.2 Å². The van der Waals surface area contributed by atoms with Gasteiger partial charge in [-0.1, -0.05) is 31.9 Å². The molecule has 18 heavy (non-hydrogen) atoms. The first-order valence-electron chi connectivity index (χ1n) is 5.73. The van der Waals surface area contributed by atoms with Crippen LogP contribution in [0.15, 0.2) is 12.2 Å². The van der Waals surface area contributed by atoms with Crippen LogP contribution < -0.4 is 0 Å². The Morgan fingerprint density at radius 2 is 1.67 bits per heavy atom. The molecule has 0 aromatic carbocycles. The molecule has 0 fully saturated rings. The molecule has 0 aromatic rings. The van der Waals surface area contributed by atoms with E-state index in [1.54, 1.807) is 6.08 Å². The summed E-state index contributed by atoms with van der Waals surface area (Å²) in [7, 11) is -8.92. The molecule has 6 nitrogen and oxygen atoms in total. The Morgan fingerprint density at radius 3 is 2.11 bits per heavy atom. The van der Waals surface area contributed by atoms with Gasteiger partial charge in [0.05, 0.1) is 5.75 Å². The molecular weight excluding hydrogens is 280 g/mol. The second-order valence-electron chi connectivity index (χ2n) is 4.09. The van der Waals surface area contributed by atoms with E-state index < -0.39 is 31.2 Å². The van der Waals surface area contributed by atoms with Crippen LogP contribution in [0, 0.1) is 0 Å². The van der Waals surface area contributed by atoms with Gasteiger partial charge in [-0.15, -0.1) is 0 Å². The molecule has 1 unspecified atom stereocenters. The van der Waals surface area contributed by atoms with Gasteiger partial charge in [0.15, 0.2) is 0 Å². The summed E-state index contributed by atoms with van der Waals surface area (Å²) < 4.78 is 60.5. The first-order valence-corrected chi connectivity index (χ1v) is 8.84. The Labute approximate surface area is 109 Å². The molecular formula is C10H20O6S2. The lowest BCUT2D eigenvalue weighted by Gasteiger charge is -2.09. The van der Waals surface area contributed by atoms with Gasteiger partial charge in [-0.05, 0) is 19.3 Å². The average Bonchev–Trinajstić information content (AvgIpc) is 2.18. The number of allylic oxidation sites excluding steroid dienone is 2. The maximum absolute atomic E-state index is 10.9. The molecule has 0 heterocycles. The van der Waals surface area contributed by atoms with Gasteiger partial charge >= 0.3 is 0 Å². The molecule has 2 N–H and O–H groups in total. The van der Waals surface area contributed by atoms with E-state index in [1.807, 2.05) is 0 Å². The summed E-state index contributed by atoms with van der Waals surface area (Å²) in [5.41, 5.74) is 0. The van der Waals surface area contributed by atoms with Crippen molar-refractivity contribution in [1.29, 1.82) is 0 Å². The Balaban J connectivity index is 4.37. The van der Waals surface area contributed by atoms with Crippen LogP contribution in [0.5, 0.6) is 0 Å². The van der Waals surface area contributed by atoms with Gasteiger partial charge in [0.2, 0.25) is 0 Å². The van der Waals surface area contributed by atoms with E-state index in [0.717, 1.165) is 25.7 Å². The fourth-order valence-electron chi connectivity index (χ4n) is 1.39. The first-order chi connectivity index (χ1) is 8.17. The van der Waals surface area contributed by atoms with Crippen molar-refractivity contribution in [3.05, 3.63) is 12.2 Å². The maximum atomic E-state index is 10.9. The van der Waals surface area contributed by atoms with Crippen molar-refractivity contribution in [3.63, 3.8) is 0 Å². The Morgan fingerprint density at radius 1 is 1.06 bits per heavy atom. The largest absolute Gasteiger partial charge is 0.286 e. The van der Waals surface area contributed by atoms with Gasteiger partial charge in [0.1, 0.15) is 5.25 Å². The normalized spacial score (nSPS) is 15.1. The third kappa shape index (κ3) is 9.58. The maximum Gasteiger partial charge on any atom is 0.269 e. The number of hydrogen-bond acceptors (Lipinski definition) is 4. The highest BCUT2D eigenvalue weighted by Crippen LogP contribution is 2.09. The lowest BCUT2D eigenvalue weighted by Crippen LogP contribution is -2.28. The van der Waals surface area contributed by atoms with Crippen molar-refractivity contribution in [2.45, 2.75) is 44.3 Å². The Hall–Kier alpha value is -0.440. The fourth-order valence-corrected chi connectivity index (χ4v) is 3.55.